The summed E-state index contributed by atoms with van der Waals surface area (Å²) in [7, 11) is -3.19. The zero-order valence-corrected chi connectivity index (χ0v) is 18.4. The molecule has 7 nitrogen and oxygen atoms in total. The third-order valence-corrected chi connectivity index (χ3v) is 4.51. The van der Waals surface area contributed by atoms with Crippen LogP contribution in [0.3, 0.4) is 0 Å². The van der Waals surface area contributed by atoms with Crippen molar-refractivity contribution >= 4 is 40.0 Å². The number of ether oxygens (including phenoxy) is 1. The Balaban J connectivity index is 0.00000625. The molecule has 1 atom stereocenters. The van der Waals surface area contributed by atoms with E-state index in [-0.39, 0.29) is 48.2 Å². The molecule has 0 aliphatic heterocycles. The molecule has 0 amide bonds. The van der Waals surface area contributed by atoms with Gasteiger partial charge in [0.25, 0.3) is 0 Å². The first kappa shape index (κ1) is 24.9. The van der Waals surface area contributed by atoms with Gasteiger partial charge in [0.1, 0.15) is 17.7 Å². The largest absolute Gasteiger partial charge is 0.489 e. The Labute approximate surface area is 172 Å². The Bertz CT molecular complexity index is 659. The van der Waals surface area contributed by atoms with Crippen molar-refractivity contribution in [2.75, 3.05) is 31.9 Å². The van der Waals surface area contributed by atoms with Crippen molar-refractivity contribution in [3.8, 4) is 5.75 Å². The molecule has 10 heteroatoms. The van der Waals surface area contributed by atoms with Crippen LogP contribution >= 0.6 is 24.0 Å². The summed E-state index contributed by atoms with van der Waals surface area (Å²) in [4.78, 5) is 4.38. The number of benzene rings is 1. The molecule has 1 rings (SSSR count). The van der Waals surface area contributed by atoms with Gasteiger partial charge in [0.15, 0.2) is 5.96 Å². The molecule has 0 aliphatic carbocycles. The topological polar surface area (TPSA) is 91.8 Å². The van der Waals surface area contributed by atoms with E-state index in [1.165, 1.54) is 12.1 Å². The summed E-state index contributed by atoms with van der Waals surface area (Å²) >= 11 is 0. The van der Waals surface area contributed by atoms with Gasteiger partial charge in [-0.05, 0) is 32.9 Å². The highest BCUT2D eigenvalue weighted by molar-refractivity contribution is 14.0. The summed E-state index contributed by atoms with van der Waals surface area (Å²) in [5.41, 5.74) is 0. The minimum absolute atomic E-state index is 0. The Morgan fingerprint density at radius 2 is 2.00 bits per heavy atom. The van der Waals surface area contributed by atoms with Crippen LogP contribution in [0.4, 0.5) is 4.39 Å². The highest BCUT2D eigenvalue weighted by atomic mass is 127. The maximum atomic E-state index is 13.1. The van der Waals surface area contributed by atoms with E-state index in [1.54, 1.807) is 19.1 Å². The van der Waals surface area contributed by atoms with Gasteiger partial charge in [0.2, 0.25) is 10.0 Å². The van der Waals surface area contributed by atoms with Crippen LogP contribution in [0.15, 0.2) is 29.3 Å². The lowest BCUT2D eigenvalue weighted by Gasteiger charge is -2.15. The lowest BCUT2D eigenvalue weighted by atomic mass is 10.3. The summed E-state index contributed by atoms with van der Waals surface area (Å²) < 4.78 is 43.9. The fourth-order valence-electron chi connectivity index (χ4n) is 1.86. The predicted octanol–water partition coefficient (Wildman–Crippen LogP) is 1.71. The van der Waals surface area contributed by atoms with Crippen molar-refractivity contribution in [1.29, 1.82) is 0 Å². The molecule has 1 aromatic carbocycles. The van der Waals surface area contributed by atoms with Gasteiger partial charge in [-0.25, -0.2) is 22.5 Å². The van der Waals surface area contributed by atoms with Gasteiger partial charge in [-0.2, -0.15) is 0 Å². The summed E-state index contributed by atoms with van der Waals surface area (Å²) in [6, 6.07) is 5.95. The Kier molecular flexibility index (Phi) is 12.5. The van der Waals surface area contributed by atoms with Crippen LogP contribution < -0.4 is 20.1 Å². The van der Waals surface area contributed by atoms with Crippen LogP contribution in [0, 0.1) is 5.82 Å². The lowest BCUT2D eigenvalue weighted by Crippen LogP contribution is -2.42. The molecule has 1 aromatic rings. The average Bonchev–Trinajstić information content (AvgIpc) is 2.56. The number of rotatable bonds is 10. The lowest BCUT2D eigenvalue weighted by molar-refractivity contribution is 0.229. The van der Waals surface area contributed by atoms with E-state index in [0.29, 0.717) is 31.3 Å². The van der Waals surface area contributed by atoms with Crippen LogP contribution in [-0.2, 0) is 10.0 Å². The van der Waals surface area contributed by atoms with E-state index in [1.807, 2.05) is 13.8 Å². The van der Waals surface area contributed by atoms with Gasteiger partial charge in [-0.15, -0.1) is 24.0 Å². The summed E-state index contributed by atoms with van der Waals surface area (Å²) in [5.74, 6) is 0.719. The maximum absolute atomic E-state index is 13.1. The number of sulfonamides is 1. The van der Waals surface area contributed by atoms with Gasteiger partial charge in [0.05, 0.1) is 12.3 Å². The van der Waals surface area contributed by atoms with Crippen molar-refractivity contribution in [2.24, 2.45) is 4.99 Å². The molecule has 0 spiro atoms. The molecule has 0 aromatic heterocycles. The van der Waals surface area contributed by atoms with Crippen LogP contribution in [-0.4, -0.2) is 52.4 Å². The summed E-state index contributed by atoms with van der Waals surface area (Å²) in [5, 5.41) is 6.11. The second kappa shape index (κ2) is 13.1. The summed E-state index contributed by atoms with van der Waals surface area (Å²) in [6.45, 7) is 7.08. The van der Waals surface area contributed by atoms with E-state index in [9.17, 15) is 12.8 Å². The fraction of sp³-hybridized carbons (Fsp3) is 0.562. The third kappa shape index (κ3) is 10.8. The van der Waals surface area contributed by atoms with Crippen LogP contribution in [0.5, 0.6) is 5.75 Å². The average molecular weight is 502 g/mol. The van der Waals surface area contributed by atoms with E-state index in [4.69, 9.17) is 4.74 Å². The molecule has 3 N–H and O–H groups in total. The number of nitrogens with one attached hydrogen (secondary N) is 3. The number of nitrogens with zero attached hydrogens (tertiary/aromatic N) is 1. The SMILES string of the molecule is CCNC(=NCC(C)Oc1cccc(F)c1)NCCNS(=O)(=O)CC.I. The van der Waals surface area contributed by atoms with Gasteiger partial charge in [-0.1, -0.05) is 6.07 Å². The Morgan fingerprint density at radius 1 is 1.27 bits per heavy atom. The van der Waals surface area contributed by atoms with Gasteiger partial charge < -0.3 is 15.4 Å². The van der Waals surface area contributed by atoms with Crippen LogP contribution in [0.1, 0.15) is 20.8 Å². The molecule has 150 valence electrons. The van der Waals surface area contributed by atoms with Crippen LogP contribution in [0.2, 0.25) is 0 Å². The molecule has 0 radical (unpaired) electrons. The second-order valence-corrected chi connectivity index (χ2v) is 7.43. The first-order valence-electron chi connectivity index (χ1n) is 8.28. The standard InChI is InChI=1S/C16H27FN4O3S.HI/c1-4-18-16(19-9-10-21-25(22,23)5-2)20-12-13(3)24-15-8-6-7-14(17)11-15;/h6-8,11,13,21H,4-5,9-10,12H2,1-3H3,(H2,18,19,20);1H. The molecule has 0 aliphatic rings. The molecule has 1 unspecified atom stereocenters. The smallest absolute Gasteiger partial charge is 0.211 e. The molecule has 0 saturated heterocycles. The normalized spacial score (nSPS) is 12.8. The van der Waals surface area contributed by atoms with Gasteiger partial charge >= 0.3 is 0 Å². The van der Waals surface area contributed by atoms with Crippen molar-refractivity contribution in [3.63, 3.8) is 0 Å². The molecule has 0 heterocycles. The Hall–Kier alpha value is -1.14. The Morgan fingerprint density at radius 3 is 2.62 bits per heavy atom. The zero-order valence-electron chi connectivity index (χ0n) is 15.3. The molecule has 0 fully saturated rings. The van der Waals surface area contributed by atoms with E-state index in [2.05, 4.69) is 20.3 Å². The minimum Gasteiger partial charge on any atom is -0.489 e. The highest BCUT2D eigenvalue weighted by Gasteiger charge is 2.07. The first-order valence-corrected chi connectivity index (χ1v) is 9.93. The second-order valence-electron chi connectivity index (χ2n) is 5.33. The molecular formula is C16H28FIN4O3S. The van der Waals surface area contributed by atoms with Crippen molar-refractivity contribution in [2.45, 2.75) is 26.9 Å². The van der Waals surface area contributed by atoms with Crippen LogP contribution in [0.25, 0.3) is 0 Å². The molecule has 0 saturated carbocycles. The number of hydrogen-bond acceptors (Lipinski definition) is 4. The highest BCUT2D eigenvalue weighted by Crippen LogP contribution is 2.13. The van der Waals surface area contributed by atoms with Crippen molar-refractivity contribution < 1.29 is 17.5 Å². The molecule has 26 heavy (non-hydrogen) atoms. The maximum Gasteiger partial charge on any atom is 0.211 e. The molecular weight excluding hydrogens is 474 g/mol. The van der Waals surface area contributed by atoms with E-state index in [0.717, 1.165) is 0 Å². The van der Waals surface area contributed by atoms with E-state index >= 15 is 0 Å². The number of hydrogen-bond donors (Lipinski definition) is 3. The predicted molar refractivity (Wildman–Crippen MR) is 113 cm³/mol. The van der Waals surface area contributed by atoms with Crippen molar-refractivity contribution in [3.05, 3.63) is 30.1 Å². The quantitative estimate of drug-likeness (QED) is 0.196. The molecule has 0 bridgehead atoms. The third-order valence-electron chi connectivity index (χ3n) is 3.10. The first-order chi connectivity index (χ1) is 11.9. The number of halogens is 2. The van der Waals surface area contributed by atoms with Crippen molar-refractivity contribution in [1.82, 2.24) is 15.4 Å². The monoisotopic (exact) mass is 502 g/mol. The van der Waals surface area contributed by atoms with E-state index < -0.39 is 10.0 Å². The summed E-state index contributed by atoms with van der Waals surface area (Å²) in [6.07, 6.45) is -0.240. The zero-order chi connectivity index (χ0) is 18.7. The van der Waals surface area contributed by atoms with Gasteiger partial charge in [0, 0.05) is 25.7 Å². The van der Waals surface area contributed by atoms with Gasteiger partial charge in [-0.3, -0.25) is 0 Å². The minimum atomic E-state index is -3.19. The number of aliphatic imine (C=N–C) groups is 1. The fourth-order valence-corrected chi connectivity index (χ4v) is 2.48. The number of guanidine groups is 1.